The van der Waals surface area contributed by atoms with Gasteiger partial charge in [0.1, 0.15) is 0 Å². The van der Waals surface area contributed by atoms with E-state index in [-0.39, 0.29) is 6.54 Å². The Morgan fingerprint density at radius 2 is 1.75 bits per heavy atom. The van der Waals surface area contributed by atoms with Crippen LogP contribution in [-0.4, -0.2) is 44.1 Å². The topological polar surface area (TPSA) is 75.6 Å². The van der Waals surface area contributed by atoms with Crippen LogP contribution in [0.25, 0.3) is 0 Å². The fourth-order valence-electron chi connectivity index (χ4n) is 0.877. The number of aliphatic hydroxyl groups is 1. The molecule has 0 aliphatic heterocycles. The third-order valence-electron chi connectivity index (χ3n) is 2.29. The van der Waals surface area contributed by atoms with Crippen molar-refractivity contribution in [1.82, 2.24) is 4.72 Å². The maximum absolute atomic E-state index is 11.7. The molecule has 2 N–H and O–H groups in total. The van der Waals surface area contributed by atoms with Gasteiger partial charge < -0.3 is 9.84 Å². The first-order valence-electron chi connectivity index (χ1n) is 5.22. The van der Waals surface area contributed by atoms with Crippen molar-refractivity contribution in [1.29, 1.82) is 0 Å². The summed E-state index contributed by atoms with van der Waals surface area (Å²) in [5.74, 6) is 0. The van der Waals surface area contributed by atoms with Crippen molar-refractivity contribution >= 4 is 10.0 Å². The Bertz CT molecular complexity index is 303. The Morgan fingerprint density at radius 1 is 1.25 bits per heavy atom. The summed E-state index contributed by atoms with van der Waals surface area (Å²) in [6, 6.07) is 0. The predicted molar refractivity (Wildman–Crippen MR) is 63.8 cm³/mol. The normalized spacial score (nSPS) is 17.1. The quantitative estimate of drug-likeness (QED) is 0.722. The lowest BCUT2D eigenvalue weighted by Crippen LogP contribution is -2.46. The van der Waals surface area contributed by atoms with E-state index in [2.05, 4.69) is 4.72 Å². The molecule has 0 aromatic heterocycles. The van der Waals surface area contributed by atoms with Crippen molar-refractivity contribution in [3.8, 4) is 0 Å². The molecule has 0 fully saturated rings. The van der Waals surface area contributed by atoms with Crippen LogP contribution in [0.3, 0.4) is 0 Å². The molecule has 98 valence electrons. The van der Waals surface area contributed by atoms with E-state index in [1.54, 1.807) is 27.7 Å². The van der Waals surface area contributed by atoms with Crippen molar-refractivity contribution in [3.05, 3.63) is 0 Å². The van der Waals surface area contributed by atoms with Crippen molar-refractivity contribution in [2.75, 3.05) is 20.3 Å². The van der Waals surface area contributed by atoms with Gasteiger partial charge in [-0.3, -0.25) is 0 Å². The Balaban J connectivity index is 4.35. The Kier molecular flexibility index (Phi) is 5.38. The van der Waals surface area contributed by atoms with Gasteiger partial charge in [-0.1, -0.05) is 0 Å². The van der Waals surface area contributed by atoms with Crippen LogP contribution in [0, 0.1) is 0 Å². The van der Waals surface area contributed by atoms with E-state index in [0.29, 0.717) is 13.0 Å². The van der Waals surface area contributed by atoms with Crippen LogP contribution in [0.15, 0.2) is 0 Å². The van der Waals surface area contributed by atoms with E-state index < -0.39 is 20.4 Å². The zero-order valence-electron chi connectivity index (χ0n) is 10.7. The molecule has 1 unspecified atom stereocenters. The van der Waals surface area contributed by atoms with Gasteiger partial charge in [0.15, 0.2) is 0 Å². The molecule has 0 aliphatic carbocycles. The summed E-state index contributed by atoms with van der Waals surface area (Å²) in [5.41, 5.74) is -1.09. The number of ether oxygens (including phenoxy) is 1. The zero-order valence-corrected chi connectivity index (χ0v) is 11.5. The number of sulfonamides is 1. The largest absolute Gasteiger partial charge is 0.389 e. The first-order chi connectivity index (χ1) is 7.02. The molecule has 0 saturated carbocycles. The Hall–Kier alpha value is -0.170. The first-order valence-corrected chi connectivity index (χ1v) is 6.71. The summed E-state index contributed by atoms with van der Waals surface area (Å²) in [7, 11) is -1.87. The third-order valence-corrected chi connectivity index (χ3v) is 4.43. The molecule has 16 heavy (non-hydrogen) atoms. The molecule has 0 aromatic carbocycles. The van der Waals surface area contributed by atoms with Gasteiger partial charge in [-0.15, -0.1) is 0 Å². The molecule has 0 bridgehead atoms. The van der Waals surface area contributed by atoms with Crippen LogP contribution in [0.5, 0.6) is 0 Å². The number of methoxy groups -OCH3 is 1. The molecule has 0 aliphatic rings. The minimum atomic E-state index is -3.41. The highest BCUT2D eigenvalue weighted by molar-refractivity contribution is 7.90. The van der Waals surface area contributed by atoms with Crippen LogP contribution >= 0.6 is 0 Å². The van der Waals surface area contributed by atoms with Crippen LogP contribution < -0.4 is 4.72 Å². The minimum absolute atomic E-state index is 0.00400. The molecule has 5 nitrogen and oxygen atoms in total. The molecular formula is C10H23NO4S. The number of hydrogen-bond acceptors (Lipinski definition) is 4. The van der Waals surface area contributed by atoms with Crippen LogP contribution in [0.2, 0.25) is 0 Å². The lowest BCUT2D eigenvalue weighted by Gasteiger charge is -2.26. The number of nitrogens with one attached hydrogen (secondary N) is 1. The maximum atomic E-state index is 11.7. The highest BCUT2D eigenvalue weighted by atomic mass is 32.2. The molecule has 6 heteroatoms. The SMILES string of the molecule is COCCC(C)(O)CNS(=O)(=O)C(C)(C)C. The van der Waals surface area contributed by atoms with E-state index in [9.17, 15) is 13.5 Å². The van der Waals surface area contributed by atoms with Gasteiger partial charge in [0, 0.05) is 26.7 Å². The van der Waals surface area contributed by atoms with Crippen LogP contribution in [0.4, 0.5) is 0 Å². The lowest BCUT2D eigenvalue weighted by atomic mass is 10.0. The van der Waals surface area contributed by atoms with Gasteiger partial charge in [0.05, 0.1) is 10.3 Å². The summed E-state index contributed by atoms with van der Waals surface area (Å²) >= 11 is 0. The lowest BCUT2D eigenvalue weighted by molar-refractivity contribution is 0.0291. The first kappa shape index (κ1) is 15.8. The van der Waals surface area contributed by atoms with Gasteiger partial charge in [-0.2, -0.15) is 0 Å². The van der Waals surface area contributed by atoms with E-state index in [4.69, 9.17) is 4.74 Å². The second-order valence-electron chi connectivity index (χ2n) is 5.18. The highest BCUT2D eigenvalue weighted by Crippen LogP contribution is 2.15. The summed E-state index contributed by atoms with van der Waals surface area (Å²) < 4.78 is 29.8. The smallest absolute Gasteiger partial charge is 0.216 e. The monoisotopic (exact) mass is 253 g/mol. The van der Waals surface area contributed by atoms with Gasteiger partial charge in [-0.25, -0.2) is 13.1 Å². The molecule has 0 saturated heterocycles. The summed E-state index contributed by atoms with van der Waals surface area (Å²) in [4.78, 5) is 0. The molecule has 0 spiro atoms. The average molecular weight is 253 g/mol. The van der Waals surface area contributed by atoms with E-state index >= 15 is 0 Å². The average Bonchev–Trinajstić information content (AvgIpc) is 2.10. The predicted octanol–water partition coefficient (Wildman–Crippen LogP) is 0.492. The number of hydrogen-bond donors (Lipinski definition) is 2. The highest BCUT2D eigenvalue weighted by Gasteiger charge is 2.31. The van der Waals surface area contributed by atoms with Gasteiger partial charge in [0.2, 0.25) is 10.0 Å². The summed E-state index contributed by atoms with van der Waals surface area (Å²) in [6.45, 7) is 6.80. The molecule has 1 atom stereocenters. The van der Waals surface area contributed by atoms with Gasteiger partial charge in [0.25, 0.3) is 0 Å². The third kappa shape index (κ3) is 5.25. The fourth-order valence-corrected chi connectivity index (χ4v) is 1.81. The van der Waals surface area contributed by atoms with Gasteiger partial charge >= 0.3 is 0 Å². The van der Waals surface area contributed by atoms with Crippen molar-refractivity contribution in [3.63, 3.8) is 0 Å². The second kappa shape index (κ2) is 5.44. The van der Waals surface area contributed by atoms with Crippen molar-refractivity contribution < 1.29 is 18.3 Å². The zero-order chi connectivity index (χ0) is 13.0. The van der Waals surface area contributed by atoms with Crippen molar-refractivity contribution in [2.24, 2.45) is 0 Å². The molecule has 0 radical (unpaired) electrons. The Labute approximate surface area is 98.2 Å². The molecule has 0 rings (SSSR count). The second-order valence-corrected chi connectivity index (χ2v) is 7.70. The maximum Gasteiger partial charge on any atom is 0.216 e. The Morgan fingerprint density at radius 3 is 2.12 bits per heavy atom. The molecule has 0 aromatic rings. The molecule has 0 heterocycles. The van der Waals surface area contributed by atoms with Gasteiger partial charge in [-0.05, 0) is 27.7 Å². The summed E-state index contributed by atoms with van der Waals surface area (Å²) in [5, 5.41) is 9.87. The molecule has 0 amide bonds. The van der Waals surface area contributed by atoms with E-state index in [1.807, 2.05) is 0 Å². The van der Waals surface area contributed by atoms with Crippen LogP contribution in [-0.2, 0) is 14.8 Å². The van der Waals surface area contributed by atoms with Crippen molar-refractivity contribution in [2.45, 2.75) is 44.5 Å². The minimum Gasteiger partial charge on any atom is -0.389 e. The molecular weight excluding hydrogens is 230 g/mol. The van der Waals surface area contributed by atoms with Crippen LogP contribution in [0.1, 0.15) is 34.1 Å². The fraction of sp³-hybridized carbons (Fsp3) is 1.00. The number of rotatable bonds is 6. The van der Waals surface area contributed by atoms with E-state index in [1.165, 1.54) is 7.11 Å². The summed E-state index contributed by atoms with van der Waals surface area (Å²) in [6.07, 6.45) is 0.385. The standard InChI is InChI=1S/C10H23NO4S/c1-9(2,3)16(13,14)11-8-10(4,12)6-7-15-5/h11-12H,6-8H2,1-5H3. The van der Waals surface area contributed by atoms with E-state index in [0.717, 1.165) is 0 Å².